The molecule has 0 aliphatic heterocycles. The van der Waals surface area contributed by atoms with Crippen molar-refractivity contribution in [3.8, 4) is 5.75 Å². The third-order valence-electron chi connectivity index (χ3n) is 2.42. The number of halogens is 2. The van der Waals surface area contributed by atoms with E-state index in [0.717, 1.165) is 5.56 Å². The first-order valence-electron chi connectivity index (χ1n) is 5.15. The average molecular weight is 285 g/mol. The van der Waals surface area contributed by atoms with E-state index >= 15 is 0 Å². The highest BCUT2D eigenvalue weighted by molar-refractivity contribution is 6.30. The first-order chi connectivity index (χ1) is 8.61. The molecule has 0 spiro atoms. The predicted octanol–water partition coefficient (Wildman–Crippen LogP) is 2.61. The molecule has 0 bridgehead atoms. The predicted molar refractivity (Wildman–Crippen MR) is 70.6 cm³/mol. The summed E-state index contributed by atoms with van der Waals surface area (Å²) in [4.78, 5) is 15.9. The summed E-state index contributed by atoms with van der Waals surface area (Å²) in [5, 5.41) is 0.716. The van der Waals surface area contributed by atoms with Gasteiger partial charge in [-0.2, -0.15) is 0 Å². The first-order valence-corrected chi connectivity index (χ1v) is 5.91. The van der Waals surface area contributed by atoms with E-state index < -0.39 is 0 Å². The molecular weight excluding hydrogens is 275 g/mol. The van der Waals surface area contributed by atoms with Gasteiger partial charge in [-0.05, 0) is 17.7 Å². The van der Waals surface area contributed by atoms with Crippen molar-refractivity contribution in [2.75, 3.05) is 7.11 Å². The Balaban J connectivity index is 2.35. The Kier molecular flexibility index (Phi) is 3.89. The Morgan fingerprint density at radius 3 is 2.56 bits per heavy atom. The van der Waals surface area contributed by atoms with E-state index in [0.29, 0.717) is 11.6 Å². The van der Waals surface area contributed by atoms with Gasteiger partial charge in [-0.3, -0.25) is 9.36 Å². The van der Waals surface area contributed by atoms with Crippen LogP contribution in [0.1, 0.15) is 5.56 Å². The zero-order chi connectivity index (χ0) is 13.1. The Hall–Kier alpha value is -1.52. The van der Waals surface area contributed by atoms with Crippen LogP contribution in [0.25, 0.3) is 0 Å². The maximum atomic E-state index is 12.0. The molecule has 2 aromatic rings. The Morgan fingerprint density at radius 1 is 1.28 bits per heavy atom. The maximum Gasteiger partial charge on any atom is 0.297 e. The summed E-state index contributed by atoms with van der Waals surface area (Å²) in [6, 6.07) is 7.22. The van der Waals surface area contributed by atoms with Crippen molar-refractivity contribution in [3.63, 3.8) is 0 Å². The van der Waals surface area contributed by atoms with Gasteiger partial charge in [0.1, 0.15) is 0 Å². The highest BCUT2D eigenvalue weighted by Crippen LogP contribution is 2.15. The van der Waals surface area contributed by atoms with Crippen molar-refractivity contribution in [2.24, 2.45) is 0 Å². The van der Waals surface area contributed by atoms with Crippen molar-refractivity contribution in [2.45, 2.75) is 6.54 Å². The van der Waals surface area contributed by atoms with Gasteiger partial charge in [-0.1, -0.05) is 35.3 Å². The van der Waals surface area contributed by atoms with Crippen LogP contribution in [0.5, 0.6) is 5.75 Å². The van der Waals surface area contributed by atoms with E-state index in [4.69, 9.17) is 27.9 Å². The molecule has 0 aliphatic rings. The normalized spacial score (nSPS) is 10.4. The van der Waals surface area contributed by atoms with E-state index in [-0.39, 0.29) is 16.5 Å². The number of rotatable bonds is 3. The molecule has 0 saturated heterocycles. The van der Waals surface area contributed by atoms with Gasteiger partial charge < -0.3 is 4.74 Å². The minimum absolute atomic E-state index is 0.0492. The van der Waals surface area contributed by atoms with Crippen LogP contribution in [0.4, 0.5) is 0 Å². The molecule has 0 aliphatic carbocycles. The van der Waals surface area contributed by atoms with Crippen LogP contribution >= 0.6 is 23.2 Å². The molecule has 0 unspecified atom stereocenters. The molecule has 0 atom stereocenters. The van der Waals surface area contributed by atoms with Crippen molar-refractivity contribution in [3.05, 3.63) is 56.7 Å². The average Bonchev–Trinajstić information content (AvgIpc) is 2.36. The Labute approximate surface area is 114 Å². The summed E-state index contributed by atoms with van der Waals surface area (Å²) in [7, 11) is 1.39. The molecule has 6 heteroatoms. The van der Waals surface area contributed by atoms with Crippen LogP contribution in [-0.2, 0) is 6.54 Å². The lowest BCUT2D eigenvalue weighted by Gasteiger charge is -2.08. The number of benzene rings is 1. The zero-order valence-electron chi connectivity index (χ0n) is 9.56. The fraction of sp³-hybridized carbons (Fsp3) is 0.167. The van der Waals surface area contributed by atoms with E-state index in [9.17, 15) is 4.79 Å². The number of hydrogen-bond acceptors (Lipinski definition) is 3. The Morgan fingerprint density at radius 2 is 1.94 bits per heavy atom. The Bertz CT molecular complexity index is 608. The summed E-state index contributed by atoms with van der Waals surface area (Å²) in [5.74, 6) is 0.0492. The standard InChI is InChI=1S/C12H10Cl2N2O2/c1-18-10-11(14)15-7-16(12(10)17)6-8-2-4-9(13)5-3-8/h2-5,7H,6H2,1H3. The fourth-order valence-electron chi connectivity index (χ4n) is 1.52. The summed E-state index contributed by atoms with van der Waals surface area (Å²) >= 11 is 11.6. The lowest BCUT2D eigenvalue weighted by Crippen LogP contribution is -2.22. The van der Waals surface area contributed by atoms with Crippen LogP contribution in [0.15, 0.2) is 35.4 Å². The first kappa shape index (κ1) is 12.9. The lowest BCUT2D eigenvalue weighted by atomic mass is 10.2. The number of ether oxygens (including phenoxy) is 1. The van der Waals surface area contributed by atoms with Crippen molar-refractivity contribution in [1.29, 1.82) is 0 Å². The largest absolute Gasteiger partial charge is 0.489 e. The van der Waals surface area contributed by atoms with E-state index in [1.54, 1.807) is 12.1 Å². The lowest BCUT2D eigenvalue weighted by molar-refractivity contribution is 0.401. The molecule has 0 fully saturated rings. The van der Waals surface area contributed by atoms with Crippen LogP contribution in [0.3, 0.4) is 0 Å². The zero-order valence-corrected chi connectivity index (χ0v) is 11.1. The second-order valence-electron chi connectivity index (χ2n) is 3.63. The van der Waals surface area contributed by atoms with Gasteiger partial charge in [0.25, 0.3) is 5.56 Å². The maximum absolute atomic E-state index is 12.0. The fourth-order valence-corrected chi connectivity index (χ4v) is 1.85. The highest BCUT2D eigenvalue weighted by atomic mass is 35.5. The number of nitrogens with zero attached hydrogens (tertiary/aromatic N) is 2. The minimum Gasteiger partial charge on any atom is -0.489 e. The monoisotopic (exact) mass is 284 g/mol. The molecule has 18 heavy (non-hydrogen) atoms. The SMILES string of the molecule is COc1c(Cl)ncn(Cc2ccc(Cl)cc2)c1=O. The molecule has 1 aromatic carbocycles. The van der Waals surface area contributed by atoms with Gasteiger partial charge in [0.15, 0.2) is 5.15 Å². The number of methoxy groups -OCH3 is 1. The quantitative estimate of drug-likeness (QED) is 0.814. The minimum atomic E-state index is -0.313. The number of aromatic nitrogens is 2. The molecular formula is C12H10Cl2N2O2. The third kappa shape index (κ3) is 2.66. The van der Waals surface area contributed by atoms with Crippen molar-refractivity contribution >= 4 is 23.2 Å². The molecule has 4 nitrogen and oxygen atoms in total. The number of hydrogen-bond donors (Lipinski definition) is 0. The molecule has 1 aromatic heterocycles. The van der Waals surface area contributed by atoms with Gasteiger partial charge in [-0.15, -0.1) is 0 Å². The smallest absolute Gasteiger partial charge is 0.297 e. The molecule has 94 valence electrons. The molecule has 1 heterocycles. The molecule has 2 rings (SSSR count). The third-order valence-corrected chi connectivity index (χ3v) is 2.94. The van der Waals surface area contributed by atoms with E-state index in [1.807, 2.05) is 12.1 Å². The van der Waals surface area contributed by atoms with Crippen molar-refractivity contribution in [1.82, 2.24) is 9.55 Å². The summed E-state index contributed by atoms with van der Waals surface area (Å²) in [6.45, 7) is 0.385. The summed E-state index contributed by atoms with van der Waals surface area (Å²) in [6.07, 6.45) is 1.39. The van der Waals surface area contributed by atoms with Gasteiger partial charge in [0, 0.05) is 5.02 Å². The molecule has 0 saturated carbocycles. The summed E-state index contributed by atoms with van der Waals surface area (Å²) in [5.41, 5.74) is 0.625. The van der Waals surface area contributed by atoms with Crippen molar-refractivity contribution < 1.29 is 4.74 Å². The second kappa shape index (κ2) is 5.42. The van der Waals surface area contributed by atoms with Gasteiger partial charge in [0.05, 0.1) is 20.0 Å². The van der Waals surface area contributed by atoms with Crippen LogP contribution in [-0.4, -0.2) is 16.7 Å². The van der Waals surface area contributed by atoms with Crippen LogP contribution < -0.4 is 10.3 Å². The molecule has 0 amide bonds. The van der Waals surface area contributed by atoms with Gasteiger partial charge in [0.2, 0.25) is 5.75 Å². The molecule has 0 N–H and O–H groups in total. The van der Waals surface area contributed by atoms with E-state index in [2.05, 4.69) is 4.98 Å². The van der Waals surface area contributed by atoms with E-state index in [1.165, 1.54) is 18.0 Å². The van der Waals surface area contributed by atoms with Gasteiger partial charge >= 0.3 is 0 Å². The highest BCUT2D eigenvalue weighted by Gasteiger charge is 2.10. The second-order valence-corrected chi connectivity index (χ2v) is 4.42. The molecule has 0 radical (unpaired) electrons. The van der Waals surface area contributed by atoms with Gasteiger partial charge in [-0.25, -0.2) is 4.98 Å². The van der Waals surface area contributed by atoms with Crippen LogP contribution in [0, 0.1) is 0 Å². The topological polar surface area (TPSA) is 44.1 Å². The van der Waals surface area contributed by atoms with Crippen LogP contribution in [0.2, 0.25) is 10.2 Å². The summed E-state index contributed by atoms with van der Waals surface area (Å²) < 4.78 is 6.35.